The van der Waals surface area contributed by atoms with Gasteiger partial charge in [-0.25, -0.2) is 0 Å². The number of benzene rings is 1. The molecule has 0 saturated carbocycles. The molecule has 72 heavy (non-hydrogen) atoms. The predicted molar refractivity (Wildman–Crippen MR) is 265 cm³/mol. The van der Waals surface area contributed by atoms with Gasteiger partial charge in [-0.05, 0) is 49.6 Å². The van der Waals surface area contributed by atoms with Gasteiger partial charge < -0.3 is 85.1 Å². The van der Waals surface area contributed by atoms with Crippen LogP contribution in [0.2, 0.25) is 25.7 Å². The molecular weight excluding hydrogens is 959 g/mol. The van der Waals surface area contributed by atoms with E-state index in [9.17, 15) is 63.6 Å². The van der Waals surface area contributed by atoms with Crippen LogP contribution in [0.4, 0.5) is 0 Å². The fraction of sp³-hybridized carbons (Fsp3) is 0.644. The topological polar surface area (TPSA) is 431 Å². The minimum Gasteiger partial charge on any atom is -0.394 e. The molecule has 1 unspecified atom stereocenters. The Morgan fingerprint density at radius 2 is 1.17 bits per heavy atom. The smallest absolute Gasteiger partial charge is 0.245 e. The number of carbonyl (C=O) groups is 9. The molecule has 2 rings (SSSR count). The van der Waals surface area contributed by atoms with Gasteiger partial charge in [0.25, 0.3) is 0 Å². The van der Waals surface area contributed by atoms with Gasteiger partial charge in [0.15, 0.2) is 5.96 Å². The van der Waals surface area contributed by atoms with E-state index in [-0.39, 0.29) is 49.3 Å². The molecule has 0 aromatic heterocycles. The van der Waals surface area contributed by atoms with Crippen LogP contribution in [0.3, 0.4) is 0 Å². The van der Waals surface area contributed by atoms with Crippen LogP contribution in [-0.4, -0.2) is 174 Å². The van der Waals surface area contributed by atoms with Gasteiger partial charge in [-0.2, -0.15) is 0 Å². The summed E-state index contributed by atoms with van der Waals surface area (Å²) in [6, 6.07) is -6.46. The number of guanidine groups is 1. The maximum atomic E-state index is 14.3. The van der Waals surface area contributed by atoms with Crippen LogP contribution in [0.25, 0.3) is 0 Å². The number of hydrogen-bond donors (Lipinski definition) is 17. The summed E-state index contributed by atoms with van der Waals surface area (Å²) in [4.78, 5) is 124. The summed E-state index contributed by atoms with van der Waals surface area (Å²) in [7, 11) is -2.28. The Kier molecular flexibility index (Phi) is 25.2. The molecule has 27 heteroatoms. The zero-order valence-electron chi connectivity index (χ0n) is 42.2. The Bertz CT molecular complexity index is 2040. The van der Waals surface area contributed by atoms with Crippen LogP contribution >= 0.6 is 0 Å². The van der Waals surface area contributed by atoms with Crippen molar-refractivity contribution in [2.75, 3.05) is 26.3 Å². The Balaban J connectivity index is 2.80. The van der Waals surface area contributed by atoms with Crippen molar-refractivity contribution in [1.82, 2.24) is 53.2 Å². The maximum Gasteiger partial charge on any atom is 0.245 e. The van der Waals surface area contributed by atoms with E-state index < -0.39 is 153 Å². The fourth-order valence-corrected chi connectivity index (χ4v) is 8.87. The minimum atomic E-state index is -2.28. The number of aliphatic hydroxyl groups is 4. The second-order valence-electron chi connectivity index (χ2n) is 19.7. The fourth-order valence-electron chi connectivity index (χ4n) is 7.36. The molecule has 26 nitrogen and oxygen atoms in total. The monoisotopic (exact) mass is 1040 g/mol. The standard InChI is InChI=1S/C45H77N13O13Si/c1-22(2)17-27-38(65)52-26(15-12-16-49-45(47)48)37(64)55-30(21-72(6,7)8)41(68)56-33(24(5)61)43(70)50-18-31(62)51-28(19-59)39(66)54-29(20-60)40(67)57-34(25-13-10-9-11-14-25)32(46)42(69)58-35(44(71)53-27)36(63)23(3)4/h9-11,13-14,22-24,26-30,32-36,59-61,63H,12,15-21,46H2,1-8H3,(H,50,70)(H,51,62)(H,52,65)(H,53,71)(H,54,66)(H,55,64)(H,56,68)(H,57,67)(H,58,69)(H4,47,48,49)/t24-,26+,27-,28-,29?,30-,32-,33-,34+,35-,36+/m0/s1. The molecule has 9 amide bonds. The third-order valence-corrected chi connectivity index (χ3v) is 12.9. The number of amides is 9. The lowest BCUT2D eigenvalue weighted by Crippen LogP contribution is -2.63. The van der Waals surface area contributed by atoms with E-state index in [4.69, 9.17) is 16.9 Å². The van der Waals surface area contributed by atoms with E-state index in [1.54, 1.807) is 45.9 Å². The van der Waals surface area contributed by atoms with E-state index in [0.29, 0.717) is 0 Å². The maximum absolute atomic E-state index is 14.3. The highest BCUT2D eigenvalue weighted by atomic mass is 28.3. The van der Waals surface area contributed by atoms with E-state index in [1.807, 2.05) is 19.6 Å². The van der Waals surface area contributed by atoms with Crippen LogP contribution < -0.4 is 64.6 Å². The highest BCUT2D eigenvalue weighted by Crippen LogP contribution is 2.19. The third-order valence-electron chi connectivity index (χ3n) is 11.3. The van der Waals surface area contributed by atoms with E-state index >= 15 is 0 Å². The summed E-state index contributed by atoms with van der Waals surface area (Å²) in [5.74, 6) is -10.4. The van der Waals surface area contributed by atoms with Crippen LogP contribution in [0, 0.1) is 17.2 Å². The van der Waals surface area contributed by atoms with Gasteiger partial charge in [-0.1, -0.05) is 77.7 Å². The molecule has 0 radical (unpaired) electrons. The molecule has 1 aliphatic heterocycles. The van der Waals surface area contributed by atoms with Crippen molar-refractivity contribution in [1.29, 1.82) is 5.41 Å². The van der Waals surface area contributed by atoms with Crippen molar-refractivity contribution in [2.24, 2.45) is 23.3 Å². The number of carbonyl (C=O) groups excluding carboxylic acids is 9. The molecule has 1 heterocycles. The Morgan fingerprint density at radius 1 is 0.667 bits per heavy atom. The molecule has 0 aliphatic carbocycles. The SMILES string of the molecule is CC(C)C[C@@H]1NC(=O)[C@H]([C@H](O)C(C)C)NC(=O)[C@@H](N)[C@@H](c2ccccc2)NC(=O)C(CO)NC(=O)[C@H](CO)NC(=O)CNC(=O)[C@H]([C@H](C)O)NC(=O)[C@H](C[Si](C)(C)C)NC(=O)[C@@H](CCCNC(=N)N)NC1=O. The lowest BCUT2D eigenvalue weighted by Gasteiger charge is -2.32. The summed E-state index contributed by atoms with van der Waals surface area (Å²) < 4.78 is 0. The number of nitrogens with one attached hydrogen (secondary N) is 11. The number of aliphatic hydroxyl groups excluding tert-OH is 4. The average molecular weight is 1040 g/mol. The molecule has 1 saturated heterocycles. The number of rotatable bonds is 14. The summed E-state index contributed by atoms with van der Waals surface area (Å²) >= 11 is 0. The molecule has 1 aliphatic rings. The zero-order valence-corrected chi connectivity index (χ0v) is 43.2. The third kappa shape index (κ3) is 20.5. The minimum absolute atomic E-state index is 0.0232. The second kappa shape index (κ2) is 29.3. The van der Waals surface area contributed by atoms with Gasteiger partial charge in [0.1, 0.15) is 48.3 Å². The summed E-state index contributed by atoms with van der Waals surface area (Å²) in [6.07, 6.45) is -3.14. The summed E-state index contributed by atoms with van der Waals surface area (Å²) in [5, 5.41) is 74.4. The first-order valence-electron chi connectivity index (χ1n) is 23.8. The van der Waals surface area contributed by atoms with Crippen molar-refractivity contribution in [2.45, 2.75) is 146 Å². The van der Waals surface area contributed by atoms with Gasteiger partial charge in [-0.3, -0.25) is 48.6 Å². The lowest BCUT2D eigenvalue weighted by atomic mass is 9.95. The van der Waals surface area contributed by atoms with E-state index in [0.717, 1.165) is 0 Å². The highest BCUT2D eigenvalue weighted by molar-refractivity contribution is 6.76. The molecule has 404 valence electrons. The lowest BCUT2D eigenvalue weighted by molar-refractivity contribution is -0.137. The quantitative estimate of drug-likeness (QED) is 0.0358. The van der Waals surface area contributed by atoms with Crippen LogP contribution in [-0.2, 0) is 43.2 Å². The average Bonchev–Trinajstić information content (AvgIpc) is 3.30. The molecule has 1 fully saturated rings. The molecule has 1 aromatic carbocycles. The van der Waals surface area contributed by atoms with E-state index in [1.165, 1.54) is 19.1 Å². The molecule has 0 bridgehead atoms. The molecule has 1 aromatic rings. The molecular formula is C45H77N13O13Si. The van der Waals surface area contributed by atoms with Crippen LogP contribution in [0.15, 0.2) is 30.3 Å². The molecule has 0 spiro atoms. The Morgan fingerprint density at radius 3 is 1.71 bits per heavy atom. The first-order chi connectivity index (χ1) is 33.6. The number of hydrogen-bond acceptors (Lipinski definition) is 15. The van der Waals surface area contributed by atoms with Crippen molar-refractivity contribution in [3.05, 3.63) is 35.9 Å². The molecule has 19 N–H and O–H groups in total. The van der Waals surface area contributed by atoms with Crippen molar-refractivity contribution in [3.8, 4) is 0 Å². The van der Waals surface area contributed by atoms with E-state index in [2.05, 4.69) is 53.2 Å². The largest absolute Gasteiger partial charge is 0.394 e. The summed E-state index contributed by atoms with van der Waals surface area (Å²) in [5.41, 5.74) is 12.2. The second-order valence-corrected chi connectivity index (χ2v) is 25.2. The van der Waals surface area contributed by atoms with Crippen LogP contribution in [0.1, 0.15) is 65.5 Å². The zero-order chi connectivity index (χ0) is 54.6. The number of nitrogens with two attached hydrogens (primary N) is 2. The first-order valence-corrected chi connectivity index (χ1v) is 27.5. The van der Waals surface area contributed by atoms with Crippen molar-refractivity contribution < 1.29 is 63.6 Å². The van der Waals surface area contributed by atoms with Crippen molar-refractivity contribution in [3.63, 3.8) is 0 Å². The van der Waals surface area contributed by atoms with Gasteiger partial charge in [0, 0.05) is 14.6 Å². The van der Waals surface area contributed by atoms with Crippen LogP contribution in [0.5, 0.6) is 0 Å². The Labute approximate surface area is 420 Å². The first kappa shape index (κ1) is 61.9. The normalized spacial score (nSPS) is 26.4. The van der Waals surface area contributed by atoms with Gasteiger partial charge in [0.05, 0.1) is 38.0 Å². The highest BCUT2D eigenvalue weighted by Gasteiger charge is 2.39. The van der Waals surface area contributed by atoms with Crippen molar-refractivity contribution >= 4 is 67.2 Å². The Hall–Kier alpha value is -6.26. The van der Waals surface area contributed by atoms with Gasteiger partial charge in [-0.15, -0.1) is 0 Å². The van der Waals surface area contributed by atoms with Gasteiger partial charge in [0.2, 0.25) is 53.2 Å². The molecule has 11 atom stereocenters. The predicted octanol–water partition coefficient (Wildman–Crippen LogP) is -5.28. The van der Waals surface area contributed by atoms with Gasteiger partial charge >= 0.3 is 0 Å². The summed E-state index contributed by atoms with van der Waals surface area (Å²) in [6.45, 7) is 10.7.